The first-order valence-electron chi connectivity index (χ1n) is 9.20. The molecule has 3 rings (SSSR count). The quantitative estimate of drug-likeness (QED) is 0.879. The van der Waals surface area contributed by atoms with Gasteiger partial charge in [0.2, 0.25) is 5.91 Å². The van der Waals surface area contributed by atoms with Crippen molar-refractivity contribution < 1.29 is 4.79 Å². The number of aromatic nitrogens is 2. The van der Waals surface area contributed by atoms with Gasteiger partial charge in [0, 0.05) is 44.4 Å². The fourth-order valence-electron chi connectivity index (χ4n) is 3.60. The molecule has 2 atom stereocenters. The molecule has 0 bridgehead atoms. The number of carbonyl (C=O) groups is 1. The molecule has 0 saturated carbocycles. The van der Waals surface area contributed by atoms with Gasteiger partial charge in [-0.15, -0.1) is 0 Å². The Labute approximate surface area is 150 Å². The first-order valence-corrected chi connectivity index (χ1v) is 9.20. The SMILES string of the molecule is CC[C@@H]1CN(C(C)=O)CC[C@@H]1NCc1cnn(Cc2ccccc2)c1. The average Bonchev–Trinajstić information content (AvgIpc) is 3.08. The van der Waals surface area contributed by atoms with Gasteiger partial charge >= 0.3 is 0 Å². The molecule has 0 aliphatic carbocycles. The predicted octanol–water partition coefficient (Wildman–Crippen LogP) is 2.67. The lowest BCUT2D eigenvalue weighted by molar-refractivity contribution is -0.131. The minimum Gasteiger partial charge on any atom is -0.343 e. The maximum Gasteiger partial charge on any atom is 0.219 e. The fourth-order valence-corrected chi connectivity index (χ4v) is 3.60. The molecule has 0 unspecified atom stereocenters. The number of likely N-dealkylation sites (tertiary alicyclic amines) is 1. The van der Waals surface area contributed by atoms with Crippen LogP contribution in [-0.4, -0.2) is 39.7 Å². The molecule has 1 fully saturated rings. The molecule has 0 spiro atoms. The van der Waals surface area contributed by atoms with Crippen molar-refractivity contribution in [2.75, 3.05) is 13.1 Å². The summed E-state index contributed by atoms with van der Waals surface area (Å²) in [6, 6.07) is 10.9. The van der Waals surface area contributed by atoms with E-state index in [0.29, 0.717) is 12.0 Å². The minimum absolute atomic E-state index is 0.194. The van der Waals surface area contributed by atoms with Gasteiger partial charge in [-0.2, -0.15) is 5.10 Å². The van der Waals surface area contributed by atoms with Crippen LogP contribution in [0.1, 0.15) is 37.8 Å². The number of hydrogen-bond donors (Lipinski definition) is 1. The summed E-state index contributed by atoms with van der Waals surface area (Å²) in [7, 11) is 0. The molecule has 1 amide bonds. The van der Waals surface area contributed by atoms with E-state index in [1.807, 2.05) is 21.8 Å². The Bertz CT molecular complexity index is 682. The van der Waals surface area contributed by atoms with Crippen molar-refractivity contribution in [1.29, 1.82) is 0 Å². The average molecular weight is 340 g/mol. The van der Waals surface area contributed by atoms with E-state index < -0.39 is 0 Å². The summed E-state index contributed by atoms with van der Waals surface area (Å²) < 4.78 is 1.99. The second-order valence-corrected chi connectivity index (χ2v) is 6.94. The smallest absolute Gasteiger partial charge is 0.219 e. The molecule has 1 aromatic heterocycles. The van der Waals surface area contributed by atoms with E-state index in [1.165, 1.54) is 11.1 Å². The van der Waals surface area contributed by atoms with E-state index in [1.54, 1.807) is 6.92 Å². The van der Waals surface area contributed by atoms with Gasteiger partial charge in [0.25, 0.3) is 0 Å². The highest BCUT2D eigenvalue weighted by Gasteiger charge is 2.28. The number of nitrogens with one attached hydrogen (secondary N) is 1. The second-order valence-electron chi connectivity index (χ2n) is 6.94. The Morgan fingerprint density at radius 1 is 1.28 bits per heavy atom. The molecule has 0 radical (unpaired) electrons. The first kappa shape index (κ1) is 17.7. The van der Waals surface area contributed by atoms with Gasteiger partial charge in [0.15, 0.2) is 0 Å². The molecule has 25 heavy (non-hydrogen) atoms. The van der Waals surface area contributed by atoms with E-state index in [9.17, 15) is 4.79 Å². The van der Waals surface area contributed by atoms with Gasteiger partial charge in [-0.05, 0) is 17.9 Å². The van der Waals surface area contributed by atoms with Crippen LogP contribution in [0.2, 0.25) is 0 Å². The summed E-state index contributed by atoms with van der Waals surface area (Å²) >= 11 is 0. The molecule has 2 heterocycles. The van der Waals surface area contributed by atoms with Crippen LogP contribution in [0.5, 0.6) is 0 Å². The van der Waals surface area contributed by atoms with Crippen molar-refractivity contribution in [3.63, 3.8) is 0 Å². The maximum absolute atomic E-state index is 11.6. The topological polar surface area (TPSA) is 50.2 Å². The predicted molar refractivity (Wildman–Crippen MR) is 99.1 cm³/mol. The maximum atomic E-state index is 11.6. The highest BCUT2D eigenvalue weighted by atomic mass is 16.2. The second kappa shape index (κ2) is 8.30. The monoisotopic (exact) mass is 340 g/mol. The van der Waals surface area contributed by atoms with Gasteiger partial charge in [-0.3, -0.25) is 9.48 Å². The van der Waals surface area contributed by atoms with Crippen molar-refractivity contribution in [3.05, 3.63) is 53.9 Å². The van der Waals surface area contributed by atoms with Crippen molar-refractivity contribution in [3.8, 4) is 0 Å². The third-order valence-corrected chi connectivity index (χ3v) is 5.15. The normalized spacial score (nSPS) is 20.6. The highest BCUT2D eigenvalue weighted by Crippen LogP contribution is 2.20. The van der Waals surface area contributed by atoms with E-state index in [4.69, 9.17) is 0 Å². The van der Waals surface area contributed by atoms with Crippen LogP contribution in [0.25, 0.3) is 0 Å². The molecule has 2 aromatic rings. The fraction of sp³-hybridized carbons (Fsp3) is 0.500. The van der Waals surface area contributed by atoms with Crippen molar-refractivity contribution >= 4 is 5.91 Å². The van der Waals surface area contributed by atoms with Crippen LogP contribution in [0.3, 0.4) is 0 Å². The molecule has 1 aliphatic rings. The molecular weight excluding hydrogens is 312 g/mol. The number of piperidine rings is 1. The number of hydrogen-bond acceptors (Lipinski definition) is 3. The Morgan fingerprint density at radius 3 is 2.80 bits per heavy atom. The number of nitrogens with zero attached hydrogens (tertiary/aromatic N) is 3. The third kappa shape index (κ3) is 4.69. The number of carbonyl (C=O) groups excluding carboxylic acids is 1. The standard InChI is InChI=1S/C20H28N4O/c1-3-19-15-23(16(2)25)10-9-20(19)21-11-18-12-22-24(14-18)13-17-7-5-4-6-8-17/h4-8,12,14,19-21H,3,9-11,13,15H2,1-2H3/t19-,20+/m1/s1. The van der Waals surface area contributed by atoms with Gasteiger partial charge in [0.05, 0.1) is 12.7 Å². The molecule has 134 valence electrons. The van der Waals surface area contributed by atoms with Gasteiger partial charge in [-0.25, -0.2) is 0 Å². The van der Waals surface area contributed by atoms with Gasteiger partial charge < -0.3 is 10.2 Å². The molecular formula is C20H28N4O. The lowest BCUT2D eigenvalue weighted by Gasteiger charge is -2.38. The number of rotatable bonds is 6. The molecule has 5 nitrogen and oxygen atoms in total. The Kier molecular flexibility index (Phi) is 5.87. The first-order chi connectivity index (χ1) is 12.2. The van der Waals surface area contributed by atoms with Crippen molar-refractivity contribution in [2.24, 2.45) is 5.92 Å². The molecule has 1 N–H and O–H groups in total. The van der Waals surface area contributed by atoms with Crippen LogP contribution in [-0.2, 0) is 17.9 Å². The van der Waals surface area contributed by atoms with Gasteiger partial charge in [-0.1, -0.05) is 43.7 Å². The number of benzene rings is 1. The summed E-state index contributed by atoms with van der Waals surface area (Å²) in [5, 5.41) is 8.16. The Balaban J connectivity index is 1.52. The Morgan fingerprint density at radius 2 is 2.08 bits per heavy atom. The van der Waals surface area contributed by atoms with E-state index >= 15 is 0 Å². The van der Waals surface area contributed by atoms with Crippen LogP contribution >= 0.6 is 0 Å². The molecule has 1 saturated heterocycles. The highest BCUT2D eigenvalue weighted by molar-refractivity contribution is 5.73. The molecule has 1 aliphatic heterocycles. The minimum atomic E-state index is 0.194. The van der Waals surface area contributed by atoms with Crippen LogP contribution in [0, 0.1) is 5.92 Å². The van der Waals surface area contributed by atoms with Crippen LogP contribution < -0.4 is 5.32 Å². The molecule has 1 aromatic carbocycles. The lowest BCUT2D eigenvalue weighted by atomic mass is 9.89. The van der Waals surface area contributed by atoms with Crippen molar-refractivity contribution in [1.82, 2.24) is 20.0 Å². The van der Waals surface area contributed by atoms with E-state index in [0.717, 1.165) is 39.0 Å². The summed E-state index contributed by atoms with van der Waals surface area (Å²) in [4.78, 5) is 13.6. The molecule has 5 heteroatoms. The summed E-state index contributed by atoms with van der Waals surface area (Å²) in [5.74, 6) is 0.719. The summed E-state index contributed by atoms with van der Waals surface area (Å²) in [6.07, 6.45) is 6.18. The summed E-state index contributed by atoms with van der Waals surface area (Å²) in [5.41, 5.74) is 2.47. The Hall–Kier alpha value is -2.14. The zero-order valence-electron chi connectivity index (χ0n) is 15.2. The van der Waals surface area contributed by atoms with Crippen LogP contribution in [0.15, 0.2) is 42.7 Å². The lowest BCUT2D eigenvalue weighted by Crippen LogP contribution is -2.50. The van der Waals surface area contributed by atoms with Gasteiger partial charge in [0.1, 0.15) is 0 Å². The zero-order chi connectivity index (χ0) is 17.6. The van der Waals surface area contributed by atoms with Crippen molar-refractivity contribution in [2.45, 2.75) is 45.8 Å². The zero-order valence-corrected chi connectivity index (χ0v) is 15.2. The number of amides is 1. The third-order valence-electron chi connectivity index (χ3n) is 5.15. The van der Waals surface area contributed by atoms with E-state index in [2.05, 4.69) is 47.8 Å². The van der Waals surface area contributed by atoms with Crippen LogP contribution in [0.4, 0.5) is 0 Å². The summed E-state index contributed by atoms with van der Waals surface area (Å²) in [6.45, 7) is 7.24. The van der Waals surface area contributed by atoms with E-state index in [-0.39, 0.29) is 5.91 Å². The largest absolute Gasteiger partial charge is 0.343 e.